The number of piperazine rings is 1. The molecule has 1 heterocycles. The molecule has 1 saturated heterocycles. The van der Waals surface area contributed by atoms with Crippen LogP contribution in [-0.4, -0.2) is 60.4 Å². The van der Waals surface area contributed by atoms with Crippen molar-refractivity contribution in [1.82, 2.24) is 15.1 Å². The normalized spacial score (nSPS) is 23.9. The van der Waals surface area contributed by atoms with Crippen LogP contribution in [0.15, 0.2) is 18.2 Å². The summed E-state index contributed by atoms with van der Waals surface area (Å²) in [5.74, 6) is -0.331. The first-order valence-electron chi connectivity index (χ1n) is 9.70. The molecule has 0 bridgehead atoms. The van der Waals surface area contributed by atoms with Gasteiger partial charge in [0.2, 0.25) is 5.91 Å². The molecule has 1 aliphatic carbocycles. The maximum atomic E-state index is 13.9. The van der Waals surface area contributed by atoms with Crippen molar-refractivity contribution in [1.29, 1.82) is 0 Å². The monoisotopic (exact) mass is 395 g/mol. The molecule has 1 saturated carbocycles. The molecule has 3 rings (SSSR count). The molecule has 0 aromatic heterocycles. The van der Waals surface area contributed by atoms with E-state index in [1.807, 2.05) is 4.90 Å². The van der Waals surface area contributed by atoms with Gasteiger partial charge in [-0.3, -0.25) is 14.5 Å². The number of rotatable bonds is 4. The van der Waals surface area contributed by atoms with Crippen molar-refractivity contribution in [3.8, 4) is 0 Å². The highest BCUT2D eigenvalue weighted by Crippen LogP contribution is 2.23. The fourth-order valence-electron chi connectivity index (χ4n) is 3.93. The third-order valence-corrected chi connectivity index (χ3v) is 5.88. The number of carbonyl (C=O) groups is 2. The lowest BCUT2D eigenvalue weighted by atomic mass is 9.86. The van der Waals surface area contributed by atoms with E-state index in [2.05, 4.69) is 12.2 Å². The Bertz CT molecular complexity index is 692. The molecule has 7 heteroatoms. The standard InChI is InChI=1S/C20H27ClFN3O2/c1-14-4-2-3-5-18(14)23-19(26)13-24-8-10-25(11-9-24)20(27)16-12-15(21)6-7-17(16)22/h6-7,12,14,18H,2-5,8-11,13H2,1H3,(H,23,26). The summed E-state index contributed by atoms with van der Waals surface area (Å²) < 4.78 is 13.9. The molecular weight excluding hydrogens is 369 g/mol. The molecule has 1 aromatic rings. The Balaban J connectivity index is 1.47. The van der Waals surface area contributed by atoms with Gasteiger partial charge in [0, 0.05) is 37.2 Å². The Labute approximate surface area is 164 Å². The summed E-state index contributed by atoms with van der Waals surface area (Å²) in [6.07, 6.45) is 4.65. The van der Waals surface area contributed by atoms with Crippen LogP contribution in [0.4, 0.5) is 4.39 Å². The number of halogens is 2. The molecule has 148 valence electrons. The zero-order chi connectivity index (χ0) is 19.4. The lowest BCUT2D eigenvalue weighted by Crippen LogP contribution is -2.52. The van der Waals surface area contributed by atoms with E-state index < -0.39 is 5.82 Å². The van der Waals surface area contributed by atoms with Crippen LogP contribution in [0.1, 0.15) is 43.0 Å². The van der Waals surface area contributed by atoms with Gasteiger partial charge in [-0.25, -0.2) is 4.39 Å². The Morgan fingerprint density at radius 3 is 2.59 bits per heavy atom. The van der Waals surface area contributed by atoms with Gasteiger partial charge in [0.1, 0.15) is 5.82 Å². The van der Waals surface area contributed by atoms with Crippen LogP contribution >= 0.6 is 11.6 Å². The second-order valence-electron chi connectivity index (χ2n) is 7.63. The highest BCUT2D eigenvalue weighted by molar-refractivity contribution is 6.31. The largest absolute Gasteiger partial charge is 0.352 e. The van der Waals surface area contributed by atoms with E-state index in [-0.39, 0.29) is 23.4 Å². The van der Waals surface area contributed by atoms with Gasteiger partial charge in [-0.15, -0.1) is 0 Å². The fraction of sp³-hybridized carbons (Fsp3) is 0.600. The number of benzene rings is 1. The van der Waals surface area contributed by atoms with Gasteiger partial charge < -0.3 is 10.2 Å². The minimum Gasteiger partial charge on any atom is -0.352 e. The molecule has 5 nitrogen and oxygen atoms in total. The Morgan fingerprint density at radius 1 is 1.19 bits per heavy atom. The third-order valence-electron chi connectivity index (χ3n) is 5.64. The van der Waals surface area contributed by atoms with E-state index in [4.69, 9.17) is 11.6 Å². The minimum absolute atomic E-state index is 0.0000193. The van der Waals surface area contributed by atoms with Crippen LogP contribution in [-0.2, 0) is 4.79 Å². The molecule has 2 amide bonds. The Hall–Kier alpha value is -1.66. The summed E-state index contributed by atoms with van der Waals surface area (Å²) in [7, 11) is 0. The topological polar surface area (TPSA) is 52.7 Å². The van der Waals surface area contributed by atoms with Gasteiger partial charge in [0.25, 0.3) is 5.91 Å². The van der Waals surface area contributed by atoms with Gasteiger partial charge in [0.15, 0.2) is 0 Å². The SMILES string of the molecule is CC1CCCCC1NC(=O)CN1CCN(C(=O)c2cc(Cl)ccc2F)CC1. The second kappa shape index (κ2) is 9.02. The number of carbonyl (C=O) groups excluding carboxylic acids is 2. The highest BCUT2D eigenvalue weighted by Gasteiger charge is 2.27. The van der Waals surface area contributed by atoms with E-state index in [9.17, 15) is 14.0 Å². The van der Waals surface area contributed by atoms with E-state index in [1.165, 1.54) is 37.5 Å². The predicted octanol–water partition coefficient (Wildman–Crippen LogP) is 2.93. The van der Waals surface area contributed by atoms with Crippen molar-refractivity contribution in [3.05, 3.63) is 34.6 Å². The van der Waals surface area contributed by atoms with Crippen LogP contribution < -0.4 is 5.32 Å². The summed E-state index contributed by atoms with van der Waals surface area (Å²) >= 11 is 5.88. The number of hydrogen-bond acceptors (Lipinski definition) is 3. The van der Waals surface area contributed by atoms with Crippen LogP contribution in [0.3, 0.4) is 0 Å². The summed E-state index contributed by atoms with van der Waals surface area (Å²) in [4.78, 5) is 28.5. The smallest absolute Gasteiger partial charge is 0.256 e. The molecule has 2 aliphatic rings. The van der Waals surface area contributed by atoms with Crippen LogP contribution in [0.25, 0.3) is 0 Å². The maximum Gasteiger partial charge on any atom is 0.256 e. The summed E-state index contributed by atoms with van der Waals surface area (Å²) in [5.41, 5.74) is -0.0000193. The van der Waals surface area contributed by atoms with E-state index in [0.717, 1.165) is 6.42 Å². The van der Waals surface area contributed by atoms with E-state index in [1.54, 1.807) is 4.90 Å². The van der Waals surface area contributed by atoms with Crippen molar-refractivity contribution in [2.75, 3.05) is 32.7 Å². The molecule has 0 spiro atoms. The quantitative estimate of drug-likeness (QED) is 0.852. The fourth-order valence-corrected chi connectivity index (χ4v) is 4.10. The van der Waals surface area contributed by atoms with Gasteiger partial charge in [-0.2, -0.15) is 0 Å². The highest BCUT2D eigenvalue weighted by atomic mass is 35.5. The zero-order valence-corrected chi connectivity index (χ0v) is 16.5. The van der Waals surface area contributed by atoms with Crippen LogP contribution in [0.5, 0.6) is 0 Å². The summed E-state index contributed by atoms with van der Waals surface area (Å²) in [5, 5.41) is 3.50. The maximum absolute atomic E-state index is 13.9. The van der Waals surface area contributed by atoms with Crippen molar-refractivity contribution in [2.24, 2.45) is 5.92 Å². The average molecular weight is 396 g/mol. The van der Waals surface area contributed by atoms with Gasteiger partial charge in [-0.05, 0) is 37.0 Å². The first kappa shape index (κ1) is 20.1. The second-order valence-corrected chi connectivity index (χ2v) is 8.06. The zero-order valence-electron chi connectivity index (χ0n) is 15.7. The third kappa shape index (κ3) is 5.20. The van der Waals surface area contributed by atoms with Crippen LogP contribution in [0, 0.1) is 11.7 Å². The molecule has 2 atom stereocenters. The summed E-state index contributed by atoms with van der Waals surface area (Å²) in [6.45, 7) is 4.68. The molecule has 1 N–H and O–H groups in total. The van der Waals surface area contributed by atoms with Crippen molar-refractivity contribution in [3.63, 3.8) is 0 Å². The van der Waals surface area contributed by atoms with Gasteiger partial charge in [0.05, 0.1) is 12.1 Å². The van der Waals surface area contributed by atoms with Crippen molar-refractivity contribution < 1.29 is 14.0 Å². The molecule has 2 fully saturated rings. The van der Waals surface area contributed by atoms with Gasteiger partial charge in [-0.1, -0.05) is 31.4 Å². The van der Waals surface area contributed by atoms with Crippen LogP contribution in [0.2, 0.25) is 5.02 Å². The van der Waals surface area contributed by atoms with E-state index >= 15 is 0 Å². The minimum atomic E-state index is -0.562. The molecule has 1 aliphatic heterocycles. The first-order valence-corrected chi connectivity index (χ1v) is 10.1. The number of amides is 2. The lowest BCUT2D eigenvalue weighted by molar-refractivity contribution is -0.123. The lowest BCUT2D eigenvalue weighted by Gasteiger charge is -2.35. The Kier molecular flexibility index (Phi) is 6.71. The number of nitrogens with one attached hydrogen (secondary N) is 1. The molecule has 1 aromatic carbocycles. The molecule has 2 unspecified atom stereocenters. The molecule has 0 radical (unpaired) electrons. The average Bonchev–Trinajstić information content (AvgIpc) is 2.65. The summed E-state index contributed by atoms with van der Waals surface area (Å²) in [6, 6.07) is 4.28. The Morgan fingerprint density at radius 2 is 1.89 bits per heavy atom. The van der Waals surface area contributed by atoms with Crippen molar-refractivity contribution in [2.45, 2.75) is 38.6 Å². The molecular formula is C20H27ClFN3O2. The number of nitrogens with zero attached hydrogens (tertiary/aromatic N) is 2. The van der Waals surface area contributed by atoms with E-state index in [0.29, 0.717) is 43.7 Å². The predicted molar refractivity (Wildman–Crippen MR) is 103 cm³/mol. The number of hydrogen-bond donors (Lipinski definition) is 1. The molecule has 27 heavy (non-hydrogen) atoms. The van der Waals surface area contributed by atoms with Gasteiger partial charge >= 0.3 is 0 Å². The first-order chi connectivity index (χ1) is 12.9. The van der Waals surface area contributed by atoms with Crippen molar-refractivity contribution >= 4 is 23.4 Å².